The summed E-state index contributed by atoms with van der Waals surface area (Å²) in [6, 6.07) is 0.792. The molecule has 0 aliphatic heterocycles. The van der Waals surface area contributed by atoms with Gasteiger partial charge in [0.25, 0.3) is 0 Å². The van der Waals surface area contributed by atoms with E-state index in [4.69, 9.17) is 0 Å². The second kappa shape index (κ2) is 4.45. The maximum absolute atomic E-state index is 3.79. The zero-order valence-electron chi connectivity index (χ0n) is 10.7. The van der Waals surface area contributed by atoms with E-state index in [9.17, 15) is 0 Å². The Labute approximate surface area is 95.0 Å². The molecule has 0 radical (unpaired) electrons. The van der Waals surface area contributed by atoms with Crippen LogP contribution in [0.5, 0.6) is 0 Å². The Morgan fingerprint density at radius 3 is 2.40 bits per heavy atom. The first kappa shape index (κ1) is 11.4. The monoisotopic (exact) mass is 209 g/mol. The molecule has 2 aliphatic rings. The Kier molecular flexibility index (Phi) is 3.39. The van der Waals surface area contributed by atoms with Gasteiger partial charge in [0.05, 0.1) is 0 Å². The average molecular weight is 209 g/mol. The first-order valence-corrected chi connectivity index (χ1v) is 6.80. The smallest absolute Gasteiger partial charge is 0.00979 e. The van der Waals surface area contributed by atoms with E-state index in [0.29, 0.717) is 5.41 Å². The number of hydrogen-bond donors (Lipinski definition) is 1. The molecule has 1 heteroatoms. The minimum atomic E-state index is 0.577. The molecule has 1 nitrogen and oxygen atoms in total. The maximum atomic E-state index is 3.79. The lowest BCUT2D eigenvalue weighted by molar-refractivity contribution is 0.281. The van der Waals surface area contributed by atoms with Crippen LogP contribution in [0.1, 0.15) is 59.3 Å². The highest BCUT2D eigenvalue weighted by atomic mass is 14.9. The zero-order chi connectivity index (χ0) is 10.9. The summed E-state index contributed by atoms with van der Waals surface area (Å²) in [4.78, 5) is 0. The van der Waals surface area contributed by atoms with Crippen molar-refractivity contribution in [1.82, 2.24) is 5.32 Å². The summed E-state index contributed by atoms with van der Waals surface area (Å²) in [7, 11) is 0. The van der Waals surface area contributed by atoms with Gasteiger partial charge in [0.2, 0.25) is 0 Å². The normalized spacial score (nSPS) is 35.4. The van der Waals surface area contributed by atoms with Gasteiger partial charge in [-0.05, 0) is 43.1 Å². The van der Waals surface area contributed by atoms with Crippen molar-refractivity contribution < 1.29 is 0 Å². The van der Waals surface area contributed by atoms with Crippen molar-refractivity contribution in [3.8, 4) is 0 Å². The summed E-state index contributed by atoms with van der Waals surface area (Å²) in [5.41, 5.74) is 0.577. The molecule has 0 aromatic heterocycles. The molecule has 1 N–H and O–H groups in total. The third kappa shape index (κ3) is 2.96. The number of hydrogen-bond acceptors (Lipinski definition) is 1. The van der Waals surface area contributed by atoms with Crippen molar-refractivity contribution in [2.45, 2.75) is 65.3 Å². The highest BCUT2D eigenvalue weighted by molar-refractivity contribution is 4.91. The van der Waals surface area contributed by atoms with Gasteiger partial charge in [-0.15, -0.1) is 0 Å². The Morgan fingerprint density at radius 2 is 1.93 bits per heavy atom. The fraction of sp³-hybridized carbons (Fsp3) is 1.00. The van der Waals surface area contributed by atoms with Crippen LogP contribution in [-0.4, -0.2) is 12.6 Å². The van der Waals surface area contributed by atoms with Crippen LogP contribution in [0.4, 0.5) is 0 Å². The van der Waals surface area contributed by atoms with Crippen LogP contribution in [0.15, 0.2) is 0 Å². The molecule has 0 heterocycles. The van der Waals surface area contributed by atoms with Gasteiger partial charge in [-0.2, -0.15) is 0 Å². The molecule has 2 rings (SSSR count). The molecule has 0 spiro atoms. The molecule has 2 atom stereocenters. The van der Waals surface area contributed by atoms with Crippen molar-refractivity contribution in [1.29, 1.82) is 0 Å². The molecule has 15 heavy (non-hydrogen) atoms. The second-order valence-corrected chi connectivity index (χ2v) is 6.70. The topological polar surface area (TPSA) is 12.0 Å². The van der Waals surface area contributed by atoms with E-state index in [1.807, 2.05) is 0 Å². The van der Waals surface area contributed by atoms with Crippen LogP contribution in [0.2, 0.25) is 0 Å². The average Bonchev–Trinajstić information content (AvgIpc) is 2.30. The lowest BCUT2D eigenvalue weighted by Gasteiger charge is -2.26. The van der Waals surface area contributed by atoms with Crippen molar-refractivity contribution in [2.75, 3.05) is 6.54 Å². The van der Waals surface area contributed by atoms with Gasteiger partial charge in [-0.25, -0.2) is 0 Å². The molecular formula is C14H27N. The van der Waals surface area contributed by atoms with Gasteiger partial charge in [-0.1, -0.05) is 40.0 Å². The largest absolute Gasteiger partial charge is 0.314 e. The van der Waals surface area contributed by atoms with Crippen LogP contribution >= 0.6 is 0 Å². The van der Waals surface area contributed by atoms with E-state index in [0.717, 1.165) is 17.9 Å². The van der Waals surface area contributed by atoms with Gasteiger partial charge in [0, 0.05) is 6.04 Å². The Hall–Kier alpha value is -0.0400. The summed E-state index contributed by atoms with van der Waals surface area (Å²) < 4.78 is 0. The Bertz CT molecular complexity index is 205. The van der Waals surface area contributed by atoms with E-state index in [1.165, 1.54) is 45.1 Å². The summed E-state index contributed by atoms with van der Waals surface area (Å²) in [6.45, 7) is 8.50. The van der Waals surface area contributed by atoms with Crippen molar-refractivity contribution in [2.24, 2.45) is 17.3 Å². The van der Waals surface area contributed by atoms with Gasteiger partial charge < -0.3 is 5.32 Å². The first-order valence-electron chi connectivity index (χ1n) is 6.80. The van der Waals surface area contributed by atoms with E-state index < -0.39 is 0 Å². The van der Waals surface area contributed by atoms with E-state index in [1.54, 1.807) is 0 Å². The minimum Gasteiger partial charge on any atom is -0.314 e. The third-order valence-corrected chi connectivity index (χ3v) is 4.52. The van der Waals surface area contributed by atoms with Crippen LogP contribution in [0.25, 0.3) is 0 Å². The standard InChI is InChI=1S/C14H27N/c1-11-9-14(2,3)10-13(11)15-8-7-12-5-4-6-12/h11-13,15H,4-10H2,1-3H3. The van der Waals surface area contributed by atoms with Crippen molar-refractivity contribution in [3.05, 3.63) is 0 Å². The van der Waals surface area contributed by atoms with Gasteiger partial charge in [-0.3, -0.25) is 0 Å². The van der Waals surface area contributed by atoms with Gasteiger partial charge in [0.1, 0.15) is 0 Å². The number of nitrogens with one attached hydrogen (secondary N) is 1. The lowest BCUT2D eigenvalue weighted by atomic mass is 9.83. The predicted molar refractivity (Wildman–Crippen MR) is 65.9 cm³/mol. The molecule has 2 aliphatic carbocycles. The summed E-state index contributed by atoms with van der Waals surface area (Å²) in [6.07, 6.45) is 8.66. The predicted octanol–water partition coefficient (Wildman–Crippen LogP) is 3.59. The molecule has 0 saturated heterocycles. The highest BCUT2D eigenvalue weighted by Crippen LogP contribution is 2.40. The third-order valence-electron chi connectivity index (χ3n) is 4.52. The van der Waals surface area contributed by atoms with Gasteiger partial charge in [0.15, 0.2) is 0 Å². The SMILES string of the molecule is CC1CC(C)(C)CC1NCCC1CCC1. The molecule has 2 unspecified atom stereocenters. The molecule has 0 aromatic carbocycles. The van der Waals surface area contributed by atoms with Crippen LogP contribution in [0, 0.1) is 17.3 Å². The van der Waals surface area contributed by atoms with E-state index in [-0.39, 0.29) is 0 Å². The maximum Gasteiger partial charge on any atom is 0.00979 e. The van der Waals surface area contributed by atoms with Crippen LogP contribution < -0.4 is 5.32 Å². The fourth-order valence-electron chi connectivity index (χ4n) is 3.42. The van der Waals surface area contributed by atoms with Gasteiger partial charge >= 0.3 is 0 Å². The van der Waals surface area contributed by atoms with Crippen LogP contribution in [0.3, 0.4) is 0 Å². The van der Waals surface area contributed by atoms with E-state index >= 15 is 0 Å². The molecule has 0 aromatic rings. The second-order valence-electron chi connectivity index (χ2n) is 6.70. The van der Waals surface area contributed by atoms with Crippen LogP contribution in [-0.2, 0) is 0 Å². The van der Waals surface area contributed by atoms with Crippen molar-refractivity contribution in [3.63, 3.8) is 0 Å². The molecule has 0 bridgehead atoms. The highest BCUT2D eigenvalue weighted by Gasteiger charge is 2.36. The number of rotatable bonds is 4. The minimum absolute atomic E-state index is 0.577. The van der Waals surface area contributed by atoms with Crippen molar-refractivity contribution >= 4 is 0 Å². The summed E-state index contributed by atoms with van der Waals surface area (Å²) in [5, 5.41) is 3.79. The quantitative estimate of drug-likeness (QED) is 0.746. The molecule has 0 amide bonds. The molecule has 2 saturated carbocycles. The Balaban J connectivity index is 1.66. The fourth-order valence-corrected chi connectivity index (χ4v) is 3.42. The summed E-state index contributed by atoms with van der Waals surface area (Å²) >= 11 is 0. The zero-order valence-corrected chi connectivity index (χ0v) is 10.7. The Morgan fingerprint density at radius 1 is 1.20 bits per heavy atom. The molecular weight excluding hydrogens is 182 g/mol. The molecule has 2 fully saturated rings. The molecule has 88 valence electrons. The first-order chi connectivity index (χ1) is 7.07. The van der Waals surface area contributed by atoms with E-state index in [2.05, 4.69) is 26.1 Å². The summed E-state index contributed by atoms with van der Waals surface area (Å²) in [5.74, 6) is 1.93. The lowest BCUT2D eigenvalue weighted by Crippen LogP contribution is -2.33.